The molecule has 11 heteroatoms. The molecule has 3 aromatic carbocycles. The van der Waals surface area contributed by atoms with Crippen molar-refractivity contribution in [3.63, 3.8) is 0 Å². The van der Waals surface area contributed by atoms with E-state index in [1.54, 1.807) is 47.0 Å². The Morgan fingerprint density at radius 3 is 1.86 bits per heavy atom. The van der Waals surface area contributed by atoms with E-state index in [0.717, 1.165) is 0 Å². The maximum absolute atomic E-state index is 14.2. The van der Waals surface area contributed by atoms with Gasteiger partial charge in [-0.2, -0.15) is 5.06 Å². The summed E-state index contributed by atoms with van der Waals surface area (Å²) >= 11 is 0. The molecule has 0 aliphatic heterocycles. The van der Waals surface area contributed by atoms with Crippen molar-refractivity contribution in [1.29, 1.82) is 0 Å². The normalized spacial score (nSPS) is 12.5. The first-order valence-corrected chi connectivity index (χ1v) is 13.9. The molecule has 4 aromatic rings. The SMILES string of the molecule is CC(C)n1c(CC[C@@H](O)C[C@@H](O)CC(=O)O)c(-c2ccc(F)cc2)c(-c2ccc(F)cc2)c1C(=O)N(O)c1ccccc1.[H-].[Na+]. The molecule has 0 bridgehead atoms. The number of nitrogens with zero attached hydrogens (tertiary/aromatic N) is 2. The Bertz CT molecular complexity index is 1570. The van der Waals surface area contributed by atoms with Crippen molar-refractivity contribution in [2.24, 2.45) is 0 Å². The third kappa shape index (κ3) is 8.20. The fourth-order valence-corrected chi connectivity index (χ4v) is 5.30. The molecule has 0 aliphatic rings. The number of hydrogen-bond donors (Lipinski definition) is 4. The number of aliphatic carboxylic acids is 1. The molecule has 1 aromatic heterocycles. The number of carbonyl (C=O) groups is 2. The molecule has 0 spiro atoms. The van der Waals surface area contributed by atoms with Crippen LogP contribution in [0.5, 0.6) is 0 Å². The monoisotopic (exact) mass is 616 g/mol. The van der Waals surface area contributed by atoms with Gasteiger partial charge in [0.05, 0.1) is 24.3 Å². The smallest absolute Gasteiger partial charge is 1.00 e. The number of aliphatic hydroxyl groups is 2. The van der Waals surface area contributed by atoms with Gasteiger partial charge >= 0.3 is 35.5 Å². The second-order valence-electron chi connectivity index (χ2n) is 10.7. The van der Waals surface area contributed by atoms with Gasteiger partial charge in [0.1, 0.15) is 17.3 Å². The van der Waals surface area contributed by atoms with Crippen LogP contribution in [0.2, 0.25) is 0 Å². The first-order chi connectivity index (χ1) is 20.5. The van der Waals surface area contributed by atoms with Crippen molar-refractivity contribution in [3.05, 3.63) is 102 Å². The number of aromatic nitrogens is 1. The zero-order valence-corrected chi connectivity index (χ0v) is 26.8. The summed E-state index contributed by atoms with van der Waals surface area (Å²) in [5, 5.41) is 41.4. The van der Waals surface area contributed by atoms with Crippen molar-refractivity contribution in [1.82, 2.24) is 4.57 Å². The van der Waals surface area contributed by atoms with Crippen molar-refractivity contribution >= 4 is 17.6 Å². The van der Waals surface area contributed by atoms with Crippen LogP contribution in [-0.4, -0.2) is 49.2 Å². The van der Waals surface area contributed by atoms with Gasteiger partial charge in [0, 0.05) is 22.9 Å². The third-order valence-electron chi connectivity index (χ3n) is 7.15. The molecule has 8 nitrogen and oxygen atoms in total. The second kappa shape index (κ2) is 15.6. The molecular formula is C33H35F2N2NaO6. The number of halogens is 2. The van der Waals surface area contributed by atoms with Crippen molar-refractivity contribution in [2.75, 3.05) is 5.06 Å². The van der Waals surface area contributed by atoms with Crippen LogP contribution in [0.25, 0.3) is 22.3 Å². The van der Waals surface area contributed by atoms with E-state index in [4.69, 9.17) is 5.11 Å². The number of anilines is 1. The van der Waals surface area contributed by atoms with Crippen molar-refractivity contribution in [2.45, 2.75) is 57.8 Å². The van der Waals surface area contributed by atoms with Gasteiger partial charge in [-0.1, -0.05) is 42.5 Å². The van der Waals surface area contributed by atoms with Crippen LogP contribution in [0.4, 0.5) is 14.5 Å². The number of carbonyl (C=O) groups excluding carboxylic acids is 1. The Labute approximate surface area is 277 Å². The maximum atomic E-state index is 14.2. The second-order valence-corrected chi connectivity index (χ2v) is 10.7. The minimum absolute atomic E-state index is 0. The van der Waals surface area contributed by atoms with Crippen LogP contribution in [0.3, 0.4) is 0 Å². The number of aliphatic hydroxyl groups excluding tert-OH is 2. The van der Waals surface area contributed by atoms with E-state index < -0.39 is 42.1 Å². The topological polar surface area (TPSA) is 123 Å². The Morgan fingerprint density at radius 2 is 1.36 bits per heavy atom. The summed E-state index contributed by atoms with van der Waals surface area (Å²) in [5.74, 6) is -2.90. The van der Waals surface area contributed by atoms with Crippen LogP contribution in [0.1, 0.15) is 56.8 Å². The van der Waals surface area contributed by atoms with Crippen molar-refractivity contribution in [3.8, 4) is 22.3 Å². The molecule has 44 heavy (non-hydrogen) atoms. The number of benzene rings is 3. The minimum atomic E-state index is -1.25. The Balaban J connectivity index is 0.00000353. The van der Waals surface area contributed by atoms with E-state index in [0.29, 0.717) is 33.0 Å². The molecule has 0 aliphatic carbocycles. The Hall–Kier alpha value is -3.38. The van der Waals surface area contributed by atoms with Gasteiger partial charge in [0.2, 0.25) is 0 Å². The van der Waals surface area contributed by atoms with E-state index in [2.05, 4.69) is 0 Å². The van der Waals surface area contributed by atoms with Gasteiger partial charge in [-0.15, -0.1) is 0 Å². The molecule has 0 fully saturated rings. The molecule has 0 saturated carbocycles. The van der Waals surface area contributed by atoms with Crippen LogP contribution in [0, 0.1) is 11.6 Å². The molecule has 4 rings (SSSR count). The zero-order valence-electron chi connectivity index (χ0n) is 25.8. The summed E-state index contributed by atoms with van der Waals surface area (Å²) in [6.07, 6.45) is -2.74. The van der Waals surface area contributed by atoms with Gasteiger partial charge in [0.15, 0.2) is 0 Å². The van der Waals surface area contributed by atoms with E-state index >= 15 is 0 Å². The number of hydrogen-bond acceptors (Lipinski definition) is 5. The van der Waals surface area contributed by atoms with E-state index in [1.165, 1.54) is 36.4 Å². The fraction of sp³-hybridized carbons (Fsp3) is 0.273. The summed E-state index contributed by atoms with van der Waals surface area (Å²) in [6, 6.07) is 19.1. The van der Waals surface area contributed by atoms with Crippen LogP contribution in [0.15, 0.2) is 78.9 Å². The first-order valence-electron chi connectivity index (χ1n) is 13.9. The van der Waals surface area contributed by atoms with Gasteiger partial charge in [0.25, 0.3) is 5.91 Å². The molecule has 1 heterocycles. The van der Waals surface area contributed by atoms with Gasteiger partial charge in [-0.05, 0) is 80.6 Å². The minimum Gasteiger partial charge on any atom is -1.00 e. The number of hydroxylamine groups is 1. The maximum Gasteiger partial charge on any atom is 1.00 e. The molecule has 4 N–H and O–H groups in total. The standard InChI is InChI=1S/C33H34F2N2O6.Na.H/c1-20(2)36-28(17-16-26(38)18-27(39)19-29(40)41)30(21-8-12-23(34)13-9-21)31(22-10-14-24(35)15-11-22)32(36)33(42)37(43)25-6-4-3-5-7-25;;/h3-15,20,26-27,38-39,43H,16-19H2,1-2H3,(H,40,41);;/q;+1;-1/t26-,27-;;/m1../s1. The largest absolute Gasteiger partial charge is 1.00 e. The van der Waals surface area contributed by atoms with E-state index in [1.807, 2.05) is 13.8 Å². The average molecular weight is 617 g/mol. The number of carboxylic acid groups (broad SMARTS) is 1. The van der Waals surface area contributed by atoms with Gasteiger partial charge in [-0.25, -0.2) is 8.78 Å². The van der Waals surface area contributed by atoms with E-state index in [-0.39, 0.29) is 67.7 Å². The molecule has 2 atom stereocenters. The fourth-order valence-electron chi connectivity index (χ4n) is 5.30. The van der Waals surface area contributed by atoms with Crippen LogP contribution in [-0.2, 0) is 11.2 Å². The molecule has 0 radical (unpaired) electrons. The Kier molecular flexibility index (Phi) is 12.4. The Morgan fingerprint density at radius 1 is 0.841 bits per heavy atom. The van der Waals surface area contributed by atoms with E-state index in [9.17, 15) is 33.8 Å². The average Bonchev–Trinajstić information content (AvgIpc) is 3.31. The molecule has 0 unspecified atom stereocenters. The van der Waals surface area contributed by atoms with Gasteiger partial charge < -0.3 is 21.3 Å². The summed E-state index contributed by atoms with van der Waals surface area (Å²) in [4.78, 5) is 25.1. The summed E-state index contributed by atoms with van der Waals surface area (Å²) in [6.45, 7) is 3.70. The van der Waals surface area contributed by atoms with Crippen LogP contribution >= 0.6 is 0 Å². The zero-order chi connectivity index (χ0) is 31.3. The molecule has 0 saturated heterocycles. The number of carboxylic acids is 1. The predicted molar refractivity (Wildman–Crippen MR) is 159 cm³/mol. The summed E-state index contributed by atoms with van der Waals surface area (Å²) in [7, 11) is 0. The number of amides is 1. The first kappa shape index (κ1) is 35.1. The summed E-state index contributed by atoms with van der Waals surface area (Å²) in [5.41, 5.74) is 2.85. The predicted octanol–water partition coefficient (Wildman–Crippen LogP) is 3.35. The quantitative estimate of drug-likeness (QED) is 0.110. The number of para-hydroxylation sites is 1. The van der Waals surface area contributed by atoms with Crippen LogP contribution < -0.4 is 34.6 Å². The molecular weight excluding hydrogens is 581 g/mol. The molecule has 228 valence electrons. The van der Waals surface area contributed by atoms with Gasteiger partial charge in [-0.3, -0.25) is 14.8 Å². The summed E-state index contributed by atoms with van der Waals surface area (Å²) < 4.78 is 29.8. The van der Waals surface area contributed by atoms with Crippen molar-refractivity contribution < 1.29 is 69.9 Å². The third-order valence-corrected chi connectivity index (χ3v) is 7.15. The molecule has 1 amide bonds. The number of rotatable bonds is 12.